The lowest BCUT2D eigenvalue weighted by molar-refractivity contribution is -0.139. The average Bonchev–Trinajstić information content (AvgIpc) is 3.07. The van der Waals surface area contributed by atoms with Crippen LogP contribution >= 0.6 is 0 Å². The van der Waals surface area contributed by atoms with E-state index in [1.807, 2.05) is 24.3 Å². The number of amides is 3. The Bertz CT molecular complexity index is 1240. The Kier molecular flexibility index (Phi) is 9.89. The summed E-state index contributed by atoms with van der Waals surface area (Å²) in [7, 11) is 0. The second kappa shape index (κ2) is 13.4. The first-order chi connectivity index (χ1) is 19.6. The normalized spacial score (nSPS) is 19.5. The minimum absolute atomic E-state index is 0.183. The van der Waals surface area contributed by atoms with Gasteiger partial charge in [-0.15, -0.1) is 6.58 Å². The van der Waals surface area contributed by atoms with Crippen LogP contribution in [0.1, 0.15) is 62.5 Å². The first-order valence-corrected chi connectivity index (χ1v) is 14.3. The summed E-state index contributed by atoms with van der Waals surface area (Å²) in [6.45, 7) is 4.56. The molecule has 0 bridgehead atoms. The third-order valence-corrected chi connectivity index (χ3v) is 8.36. The molecule has 0 aromatic heterocycles. The highest BCUT2D eigenvalue weighted by Gasteiger charge is 2.37. The molecule has 0 radical (unpaired) electrons. The zero-order valence-corrected chi connectivity index (χ0v) is 23.2. The number of halogens is 3. The van der Waals surface area contributed by atoms with Gasteiger partial charge >= 0.3 is 6.18 Å². The van der Waals surface area contributed by atoms with Crippen LogP contribution in [0.4, 0.5) is 13.2 Å². The minimum Gasteiger partial charge on any atom is -0.369 e. The Hall–Kier alpha value is -3.62. The number of nitrogens with two attached hydrogens (primary N) is 1. The first kappa shape index (κ1) is 30.3. The lowest BCUT2D eigenvalue weighted by Gasteiger charge is -2.33. The smallest absolute Gasteiger partial charge is 0.369 e. The Labute approximate surface area is 239 Å². The van der Waals surface area contributed by atoms with Gasteiger partial charge in [-0.1, -0.05) is 55.7 Å². The Morgan fingerprint density at radius 2 is 1.76 bits per heavy atom. The number of allylic oxidation sites excluding steroid dienone is 1. The maximum absolute atomic E-state index is 13.6. The SMILES string of the molecule is C=CC[C@H](C(N)=O)[C@@H](CC1CCC1)C(=O)N[C@H]1CCCCN(Cc2cccc(-c3ccc(C(F)(F)F)cc3)c2)C1=O. The fourth-order valence-corrected chi connectivity index (χ4v) is 5.80. The number of carbonyl (C=O) groups is 3. The molecule has 0 spiro atoms. The molecule has 3 amide bonds. The second-order valence-electron chi connectivity index (χ2n) is 11.3. The van der Waals surface area contributed by atoms with Crippen LogP contribution in [-0.2, 0) is 27.1 Å². The van der Waals surface area contributed by atoms with Gasteiger partial charge in [0.2, 0.25) is 17.7 Å². The molecule has 2 fully saturated rings. The molecular formula is C32H38F3N3O3. The average molecular weight is 570 g/mol. The van der Waals surface area contributed by atoms with E-state index in [-0.39, 0.29) is 11.8 Å². The minimum atomic E-state index is -4.40. The molecule has 41 heavy (non-hydrogen) atoms. The van der Waals surface area contributed by atoms with E-state index in [0.29, 0.717) is 43.8 Å². The molecule has 2 aliphatic rings. The van der Waals surface area contributed by atoms with Crippen molar-refractivity contribution in [2.45, 2.75) is 70.1 Å². The summed E-state index contributed by atoms with van der Waals surface area (Å²) in [4.78, 5) is 41.1. The molecule has 4 rings (SSSR count). The molecule has 1 aliphatic carbocycles. The molecule has 3 N–H and O–H groups in total. The molecule has 0 unspecified atom stereocenters. The zero-order valence-electron chi connectivity index (χ0n) is 23.2. The largest absolute Gasteiger partial charge is 0.416 e. The number of primary amides is 1. The van der Waals surface area contributed by atoms with Crippen LogP contribution < -0.4 is 11.1 Å². The van der Waals surface area contributed by atoms with Crippen LogP contribution in [-0.4, -0.2) is 35.2 Å². The molecular weight excluding hydrogens is 531 g/mol. The van der Waals surface area contributed by atoms with Gasteiger partial charge in [-0.05, 0) is 72.9 Å². The Morgan fingerprint density at radius 3 is 2.37 bits per heavy atom. The number of rotatable bonds is 11. The second-order valence-corrected chi connectivity index (χ2v) is 11.3. The number of alkyl halides is 3. The van der Waals surface area contributed by atoms with Gasteiger partial charge < -0.3 is 16.0 Å². The fourth-order valence-electron chi connectivity index (χ4n) is 5.80. The van der Waals surface area contributed by atoms with Crippen LogP contribution in [0.25, 0.3) is 11.1 Å². The molecule has 1 heterocycles. The highest BCUT2D eigenvalue weighted by Crippen LogP contribution is 2.36. The number of hydrogen-bond donors (Lipinski definition) is 2. The van der Waals surface area contributed by atoms with E-state index < -0.39 is 35.5 Å². The van der Waals surface area contributed by atoms with E-state index in [9.17, 15) is 27.6 Å². The molecule has 1 saturated heterocycles. The van der Waals surface area contributed by atoms with Crippen molar-refractivity contribution in [1.82, 2.24) is 10.2 Å². The summed E-state index contributed by atoms with van der Waals surface area (Å²) in [5, 5.41) is 2.96. The third-order valence-electron chi connectivity index (χ3n) is 8.36. The van der Waals surface area contributed by atoms with Crippen molar-refractivity contribution in [2.24, 2.45) is 23.5 Å². The van der Waals surface area contributed by atoms with E-state index >= 15 is 0 Å². The molecule has 6 nitrogen and oxygen atoms in total. The van der Waals surface area contributed by atoms with Gasteiger partial charge in [0.15, 0.2) is 0 Å². The summed E-state index contributed by atoms with van der Waals surface area (Å²) in [5.41, 5.74) is 7.21. The van der Waals surface area contributed by atoms with Gasteiger partial charge in [0.25, 0.3) is 0 Å². The van der Waals surface area contributed by atoms with Gasteiger partial charge in [0.05, 0.1) is 17.4 Å². The molecule has 9 heteroatoms. The van der Waals surface area contributed by atoms with E-state index in [4.69, 9.17) is 5.73 Å². The Balaban J connectivity index is 1.47. The number of hydrogen-bond acceptors (Lipinski definition) is 3. The van der Waals surface area contributed by atoms with E-state index in [1.54, 1.807) is 11.0 Å². The summed E-state index contributed by atoms with van der Waals surface area (Å²) in [6, 6.07) is 11.7. The number of likely N-dealkylation sites (tertiary alicyclic amines) is 1. The summed E-state index contributed by atoms with van der Waals surface area (Å²) >= 11 is 0. The van der Waals surface area contributed by atoms with E-state index in [2.05, 4.69) is 11.9 Å². The zero-order chi connectivity index (χ0) is 29.6. The maximum Gasteiger partial charge on any atom is 0.416 e. The maximum atomic E-state index is 13.6. The monoisotopic (exact) mass is 569 g/mol. The van der Waals surface area contributed by atoms with Crippen molar-refractivity contribution in [1.29, 1.82) is 0 Å². The van der Waals surface area contributed by atoms with Gasteiger partial charge in [-0.2, -0.15) is 13.2 Å². The van der Waals surface area contributed by atoms with Crippen LogP contribution in [0.2, 0.25) is 0 Å². The van der Waals surface area contributed by atoms with E-state index in [1.165, 1.54) is 12.1 Å². The first-order valence-electron chi connectivity index (χ1n) is 14.3. The van der Waals surface area contributed by atoms with Gasteiger partial charge in [0.1, 0.15) is 6.04 Å². The number of nitrogens with one attached hydrogen (secondary N) is 1. The highest BCUT2D eigenvalue weighted by atomic mass is 19.4. The predicted octanol–water partition coefficient (Wildman–Crippen LogP) is 5.85. The molecule has 1 aliphatic heterocycles. The van der Waals surface area contributed by atoms with Crippen LogP contribution in [0.5, 0.6) is 0 Å². The van der Waals surface area contributed by atoms with Crippen molar-refractivity contribution in [3.05, 3.63) is 72.3 Å². The van der Waals surface area contributed by atoms with Gasteiger partial charge in [-0.3, -0.25) is 14.4 Å². The quantitative estimate of drug-likeness (QED) is 0.333. The molecule has 3 atom stereocenters. The molecule has 220 valence electrons. The lowest BCUT2D eigenvalue weighted by Crippen LogP contribution is -2.51. The molecule has 1 saturated carbocycles. The number of nitrogens with zero attached hydrogens (tertiary/aromatic N) is 1. The summed E-state index contributed by atoms with van der Waals surface area (Å²) in [5.74, 6) is -1.94. The van der Waals surface area contributed by atoms with Crippen molar-refractivity contribution < 1.29 is 27.6 Å². The fraction of sp³-hybridized carbons (Fsp3) is 0.469. The van der Waals surface area contributed by atoms with Crippen LogP contribution in [0.15, 0.2) is 61.2 Å². The van der Waals surface area contributed by atoms with Crippen molar-refractivity contribution in [3.8, 4) is 11.1 Å². The van der Waals surface area contributed by atoms with Crippen LogP contribution in [0, 0.1) is 17.8 Å². The van der Waals surface area contributed by atoms with Crippen molar-refractivity contribution >= 4 is 17.7 Å². The standard InChI is InChI=1S/C32H38F3N3O3/c1-2-7-26(29(36)39)27(19-21-8-5-9-21)30(40)37-28-12-3-4-17-38(31(28)41)20-22-10-6-11-24(18-22)23-13-15-25(16-14-23)32(33,34)35/h2,6,10-11,13-16,18,21,26-28H,1,3-5,7-9,12,17,19-20H2,(H2,36,39)(H,37,40)/t26-,27+,28-/m0/s1. The van der Waals surface area contributed by atoms with Crippen molar-refractivity contribution in [3.63, 3.8) is 0 Å². The highest BCUT2D eigenvalue weighted by molar-refractivity contribution is 5.91. The number of benzene rings is 2. The van der Waals surface area contributed by atoms with Gasteiger partial charge in [-0.25, -0.2) is 0 Å². The molecule has 2 aromatic rings. The Morgan fingerprint density at radius 1 is 1.02 bits per heavy atom. The topological polar surface area (TPSA) is 92.5 Å². The summed E-state index contributed by atoms with van der Waals surface area (Å²) < 4.78 is 38.9. The van der Waals surface area contributed by atoms with E-state index in [0.717, 1.165) is 55.4 Å². The van der Waals surface area contributed by atoms with Gasteiger partial charge in [0, 0.05) is 13.1 Å². The molecule has 2 aromatic carbocycles. The third kappa shape index (κ3) is 7.77. The van der Waals surface area contributed by atoms with Crippen LogP contribution in [0.3, 0.4) is 0 Å². The number of carbonyl (C=O) groups excluding carboxylic acids is 3. The predicted molar refractivity (Wildman–Crippen MR) is 151 cm³/mol. The summed E-state index contributed by atoms with van der Waals surface area (Å²) in [6.07, 6.45) is 3.27. The van der Waals surface area contributed by atoms with Crippen molar-refractivity contribution in [2.75, 3.05) is 6.54 Å². The lowest BCUT2D eigenvalue weighted by atomic mass is 9.74.